The number of carboxylic acid groups (broad SMARTS) is 8. The Hall–Kier alpha value is -4.24. The lowest BCUT2D eigenvalue weighted by atomic mass is 9.65. The van der Waals surface area contributed by atoms with E-state index in [1.807, 2.05) is 0 Å². The molecule has 184 valence electrons. The standard InChI is InChI=1S/C9H10O8.C8H10O8/c10-4(11)8(5(12)13)2-1-3-9(8,6(14)15)7(16)17;1-2-3(4(9)10)8(5(11)12,6(13)14)7(15)16/h1-3H2,(H,10,11)(H,12,13)(H,14,15)(H,16,17);3H,2H2,1H3,(H,9,10)(H,11,12)(H,13,14)(H,15,16). The molecule has 1 aliphatic carbocycles. The van der Waals surface area contributed by atoms with Crippen molar-refractivity contribution in [3.8, 4) is 0 Å². The van der Waals surface area contributed by atoms with Gasteiger partial charge in [-0.15, -0.1) is 0 Å². The smallest absolute Gasteiger partial charge is 0.333 e. The fraction of sp³-hybridized carbons (Fsp3) is 0.529. The number of rotatable bonds is 10. The van der Waals surface area contributed by atoms with Crippen LogP contribution in [0.15, 0.2) is 0 Å². The number of hydrogen-bond acceptors (Lipinski definition) is 8. The van der Waals surface area contributed by atoms with Gasteiger partial charge in [-0.05, 0) is 25.7 Å². The Morgan fingerprint density at radius 1 is 0.636 bits per heavy atom. The SMILES string of the molecule is CCC(C(=O)O)C(C(=O)O)(C(=O)O)C(=O)O.O=C(O)C1(C(=O)O)CCCC1(C(=O)O)C(=O)O. The summed E-state index contributed by atoms with van der Waals surface area (Å²) in [4.78, 5) is 87.4. The summed E-state index contributed by atoms with van der Waals surface area (Å²) in [5.41, 5.74) is -8.99. The third kappa shape index (κ3) is 4.13. The first kappa shape index (κ1) is 28.8. The van der Waals surface area contributed by atoms with Crippen LogP contribution in [0.5, 0.6) is 0 Å². The zero-order chi connectivity index (χ0) is 26.5. The molecular weight excluding hydrogens is 460 g/mol. The number of aliphatic carboxylic acids is 8. The summed E-state index contributed by atoms with van der Waals surface area (Å²) in [6, 6.07) is 0. The summed E-state index contributed by atoms with van der Waals surface area (Å²) >= 11 is 0. The van der Waals surface area contributed by atoms with Gasteiger partial charge in [0.25, 0.3) is 5.41 Å². The first-order chi connectivity index (χ1) is 15.0. The highest BCUT2D eigenvalue weighted by Crippen LogP contribution is 2.54. The van der Waals surface area contributed by atoms with Crippen LogP contribution >= 0.6 is 0 Å². The van der Waals surface area contributed by atoms with E-state index in [2.05, 4.69) is 0 Å². The topological polar surface area (TPSA) is 298 Å². The molecule has 0 amide bonds. The lowest BCUT2D eigenvalue weighted by Gasteiger charge is -2.32. The molecule has 1 aliphatic rings. The van der Waals surface area contributed by atoms with E-state index in [0.717, 1.165) is 0 Å². The molecule has 0 aromatic carbocycles. The van der Waals surface area contributed by atoms with Gasteiger partial charge < -0.3 is 40.9 Å². The Bertz CT molecular complexity index is 797. The molecule has 33 heavy (non-hydrogen) atoms. The molecule has 16 heteroatoms. The molecule has 0 heterocycles. The lowest BCUT2D eigenvalue weighted by Crippen LogP contribution is -2.57. The van der Waals surface area contributed by atoms with Gasteiger partial charge in [0.15, 0.2) is 10.8 Å². The van der Waals surface area contributed by atoms with Crippen LogP contribution in [0.4, 0.5) is 0 Å². The fourth-order valence-electron chi connectivity index (χ4n) is 3.77. The number of carboxylic acids is 8. The highest BCUT2D eigenvalue weighted by Gasteiger charge is 2.73. The summed E-state index contributed by atoms with van der Waals surface area (Å²) in [6.45, 7) is 1.20. The van der Waals surface area contributed by atoms with Crippen molar-refractivity contribution in [3.05, 3.63) is 0 Å². The molecule has 1 saturated carbocycles. The lowest BCUT2D eigenvalue weighted by molar-refractivity contribution is -0.191. The molecule has 0 spiro atoms. The van der Waals surface area contributed by atoms with Crippen LogP contribution in [0.1, 0.15) is 32.6 Å². The number of hydrogen-bond donors (Lipinski definition) is 8. The van der Waals surface area contributed by atoms with Crippen LogP contribution in [0, 0.1) is 22.2 Å². The Morgan fingerprint density at radius 2 is 0.909 bits per heavy atom. The number of carbonyl (C=O) groups is 8. The molecule has 1 unspecified atom stereocenters. The van der Waals surface area contributed by atoms with E-state index in [9.17, 15) is 38.4 Å². The quantitative estimate of drug-likeness (QED) is 0.170. The summed E-state index contributed by atoms with van der Waals surface area (Å²) in [5, 5.41) is 70.6. The Morgan fingerprint density at radius 3 is 1.03 bits per heavy atom. The van der Waals surface area contributed by atoms with Crippen LogP contribution in [-0.2, 0) is 38.4 Å². The highest BCUT2D eigenvalue weighted by atomic mass is 16.4. The van der Waals surface area contributed by atoms with E-state index in [-0.39, 0.29) is 6.42 Å². The van der Waals surface area contributed by atoms with Gasteiger partial charge in [0.2, 0.25) is 0 Å². The van der Waals surface area contributed by atoms with E-state index in [0.29, 0.717) is 0 Å². The maximum atomic E-state index is 11.1. The van der Waals surface area contributed by atoms with E-state index < -0.39 is 89.2 Å². The predicted octanol–water partition coefficient (Wildman–Crippen LogP) is -1.18. The van der Waals surface area contributed by atoms with Crippen molar-refractivity contribution in [2.24, 2.45) is 22.2 Å². The van der Waals surface area contributed by atoms with Crippen molar-refractivity contribution >= 4 is 47.8 Å². The first-order valence-electron chi connectivity index (χ1n) is 8.82. The van der Waals surface area contributed by atoms with Crippen molar-refractivity contribution in [2.75, 3.05) is 0 Å². The molecular formula is C17H20O16. The molecule has 1 rings (SSSR count). The molecule has 1 atom stereocenters. The molecule has 0 bridgehead atoms. The average Bonchev–Trinajstić information content (AvgIpc) is 3.08. The van der Waals surface area contributed by atoms with Gasteiger partial charge in [0.1, 0.15) is 0 Å². The monoisotopic (exact) mass is 480 g/mol. The van der Waals surface area contributed by atoms with Gasteiger partial charge in [-0.25, -0.2) is 0 Å². The second-order valence-corrected chi connectivity index (χ2v) is 6.91. The Labute approximate surface area is 182 Å². The summed E-state index contributed by atoms with van der Waals surface area (Å²) in [6.07, 6.45) is -1.55. The summed E-state index contributed by atoms with van der Waals surface area (Å²) < 4.78 is 0. The molecule has 0 saturated heterocycles. The van der Waals surface area contributed by atoms with Crippen LogP contribution in [-0.4, -0.2) is 88.6 Å². The highest BCUT2D eigenvalue weighted by molar-refractivity contribution is 6.19. The maximum absolute atomic E-state index is 11.1. The zero-order valence-corrected chi connectivity index (χ0v) is 16.7. The average molecular weight is 480 g/mol. The molecule has 0 aliphatic heterocycles. The van der Waals surface area contributed by atoms with Gasteiger partial charge in [0, 0.05) is 0 Å². The van der Waals surface area contributed by atoms with Crippen molar-refractivity contribution < 1.29 is 79.2 Å². The van der Waals surface area contributed by atoms with Crippen LogP contribution in [0.2, 0.25) is 0 Å². The molecule has 0 aromatic rings. The molecule has 0 radical (unpaired) electrons. The van der Waals surface area contributed by atoms with Gasteiger partial charge in [-0.3, -0.25) is 38.4 Å². The minimum atomic E-state index is -3.36. The van der Waals surface area contributed by atoms with Gasteiger partial charge in [-0.2, -0.15) is 0 Å². The summed E-state index contributed by atoms with van der Waals surface area (Å²) in [7, 11) is 0. The van der Waals surface area contributed by atoms with Crippen molar-refractivity contribution in [3.63, 3.8) is 0 Å². The maximum Gasteiger partial charge on any atom is 0.333 e. The third-order valence-corrected chi connectivity index (χ3v) is 5.53. The van der Waals surface area contributed by atoms with Crippen LogP contribution in [0.3, 0.4) is 0 Å². The zero-order valence-electron chi connectivity index (χ0n) is 16.7. The second-order valence-electron chi connectivity index (χ2n) is 6.91. The molecule has 1 fully saturated rings. The molecule has 0 aromatic heterocycles. The largest absolute Gasteiger partial charge is 0.481 e. The Kier molecular flexibility index (Phi) is 8.65. The van der Waals surface area contributed by atoms with Gasteiger partial charge >= 0.3 is 47.8 Å². The first-order valence-corrected chi connectivity index (χ1v) is 8.82. The third-order valence-electron chi connectivity index (χ3n) is 5.53. The van der Waals surface area contributed by atoms with E-state index in [1.165, 1.54) is 6.92 Å². The normalized spacial score (nSPS) is 16.9. The van der Waals surface area contributed by atoms with Crippen molar-refractivity contribution in [1.29, 1.82) is 0 Å². The summed E-state index contributed by atoms with van der Waals surface area (Å²) in [5.74, 6) is -18.2. The Balaban J connectivity index is 0.000000622. The van der Waals surface area contributed by atoms with Crippen molar-refractivity contribution in [1.82, 2.24) is 0 Å². The van der Waals surface area contributed by atoms with Gasteiger partial charge in [0.05, 0.1) is 5.92 Å². The van der Waals surface area contributed by atoms with E-state index in [4.69, 9.17) is 40.9 Å². The van der Waals surface area contributed by atoms with Crippen LogP contribution in [0.25, 0.3) is 0 Å². The fourth-order valence-corrected chi connectivity index (χ4v) is 3.77. The van der Waals surface area contributed by atoms with E-state index in [1.54, 1.807) is 0 Å². The van der Waals surface area contributed by atoms with E-state index >= 15 is 0 Å². The minimum absolute atomic E-state index is 0.0861. The van der Waals surface area contributed by atoms with Gasteiger partial charge in [-0.1, -0.05) is 6.92 Å². The van der Waals surface area contributed by atoms with Crippen molar-refractivity contribution in [2.45, 2.75) is 32.6 Å². The molecule has 8 N–H and O–H groups in total. The minimum Gasteiger partial charge on any atom is -0.481 e. The van der Waals surface area contributed by atoms with Crippen LogP contribution < -0.4 is 0 Å². The second kappa shape index (κ2) is 9.92. The molecule has 16 nitrogen and oxygen atoms in total. The predicted molar refractivity (Wildman–Crippen MR) is 96.0 cm³/mol.